The van der Waals surface area contributed by atoms with Crippen molar-refractivity contribution in [3.05, 3.63) is 184 Å². The van der Waals surface area contributed by atoms with Crippen LogP contribution in [0, 0.1) is 41.4 Å². The smallest absolute Gasteiger partial charge is 0.161 e. The van der Waals surface area contributed by atoms with E-state index in [-0.39, 0.29) is 59.7 Å². The highest BCUT2D eigenvalue weighted by Gasteiger charge is 2.49. The third-order valence-corrected chi connectivity index (χ3v) is 19.5. The molecule has 6 aromatic rings. The van der Waals surface area contributed by atoms with Crippen LogP contribution >= 0.6 is 0 Å². The Bertz CT molecular complexity index is 3360. The SMILES string of the molecule is CCC[C@@H]1[C@@H]2C[C@H](CC3=CCNC(=C3)Nc3ccc4ccc(cc4c3)C[C@H](O)CNC[C@H](C)c3c[nH]c(c3)C3(CCCCC3)[C@@H]1O)C[C@H]1C#C[C@H](c3ccccc3)c3c(cc(OC)c(O)c3CCc3ccccc3)CCC(=O)CC(=O)[C@H]1C2. The minimum atomic E-state index is -0.675. The lowest BCUT2D eigenvalue weighted by Crippen LogP contribution is -2.48. The summed E-state index contributed by atoms with van der Waals surface area (Å²) < 4.78 is 5.87. The monoisotopic (exact) mass is 1110 g/mol. The highest BCUT2D eigenvalue weighted by Crippen LogP contribution is 2.51. The Hall–Kier alpha value is -6.90. The third-order valence-electron chi connectivity index (χ3n) is 19.5. The highest BCUT2D eigenvalue weighted by atomic mass is 16.5. The Balaban J connectivity index is 1.04. The van der Waals surface area contributed by atoms with E-state index in [0.29, 0.717) is 63.9 Å². The number of aromatic nitrogens is 1. The van der Waals surface area contributed by atoms with Gasteiger partial charge in [-0.25, -0.2) is 0 Å². The van der Waals surface area contributed by atoms with Crippen molar-refractivity contribution < 1.29 is 29.6 Å². The zero-order chi connectivity index (χ0) is 57.5. The summed E-state index contributed by atoms with van der Waals surface area (Å²) in [5.74, 6) is 7.79. The molecule has 83 heavy (non-hydrogen) atoms. The number of Topliss-reactive ketones (excluding diaryl/α,β-unsaturated/α-hetero) is 2. The number of rotatable bonds is 7. The number of aliphatic hydroxyl groups excluding tert-OH is 2. The van der Waals surface area contributed by atoms with E-state index in [4.69, 9.17) is 4.74 Å². The lowest BCUT2D eigenvalue weighted by atomic mass is 9.61. The molecule has 10 nitrogen and oxygen atoms in total. The maximum atomic E-state index is 15.4. The number of aliphatic hydroxyl groups is 2. The number of aromatic hydroxyl groups is 1. The van der Waals surface area contributed by atoms with Gasteiger partial charge in [-0.2, -0.15) is 0 Å². The summed E-state index contributed by atoms with van der Waals surface area (Å²) in [4.78, 5) is 33.8. The summed E-state index contributed by atoms with van der Waals surface area (Å²) in [6, 6.07) is 37.7. The largest absolute Gasteiger partial charge is 0.504 e. The normalized spacial score (nSPS) is 26.2. The molecule has 2 aliphatic heterocycles. The number of allylic oxidation sites excluding steroid dienone is 2. The standard InChI is InChI=1S/C73H86N4O6/c1-4-14-63-57-36-51(35-54-24-28-62(53-17-10-6-11-18-53)70-55(23-26-60(78)43-66(80)65(54)40-57)41-67(83-3)71(81)64(70)27-20-48-15-8-5-9-16-48)33-50-29-32-75-69(38-50)77-59-25-22-52-21-19-49(34-56(52)39-59)37-61(79)46-74-44-47(2)58-42-68(76-45-58)73(72(63)82)30-12-7-13-31-73/h5-6,8-11,15-19,21-22,25,29,34,38-39,41-42,45,47,51,54,57,61-63,65,72,74-77,79,81-82H,4,7,12-14,20,23,26-27,30-33,35-37,40,43-44,46H2,1-3H3/t47-,51+,54+,57+,61-,62+,63+,65-,72+/m0/s1. The van der Waals surface area contributed by atoms with Crippen molar-refractivity contribution in [3.63, 3.8) is 0 Å². The number of nitrogens with one attached hydrogen (secondary N) is 4. The number of hydrogen-bond donors (Lipinski definition) is 7. The molecule has 1 spiro atoms. The van der Waals surface area contributed by atoms with Crippen molar-refractivity contribution in [2.45, 2.75) is 152 Å². The van der Waals surface area contributed by atoms with Crippen molar-refractivity contribution in [1.29, 1.82) is 0 Å². The molecular formula is C73H86N4O6. The Morgan fingerprint density at radius 2 is 1.59 bits per heavy atom. The Morgan fingerprint density at radius 3 is 2.39 bits per heavy atom. The van der Waals surface area contributed by atoms with Crippen LogP contribution in [-0.4, -0.2) is 70.8 Å². The number of ether oxygens (including phenoxy) is 1. The maximum Gasteiger partial charge on any atom is 0.161 e. The van der Waals surface area contributed by atoms with Gasteiger partial charge in [-0.05, 0) is 174 Å². The van der Waals surface area contributed by atoms with E-state index in [1.807, 2.05) is 42.5 Å². The molecule has 7 N–H and O–H groups in total. The summed E-state index contributed by atoms with van der Waals surface area (Å²) in [6.07, 6.45) is 17.0. The molecule has 0 unspecified atom stereocenters. The zero-order valence-corrected chi connectivity index (χ0v) is 49.0. The molecule has 5 aromatic carbocycles. The first-order chi connectivity index (χ1) is 40.4. The fraction of sp³-hybridized carbons (Fsp3) is 0.452. The number of dihydropyridines is 1. The molecule has 11 rings (SSSR count). The number of hydrogen-bond acceptors (Lipinski definition) is 9. The van der Waals surface area contributed by atoms with Gasteiger partial charge >= 0.3 is 0 Å². The van der Waals surface area contributed by atoms with Gasteiger partial charge in [0, 0.05) is 66.4 Å². The quantitative estimate of drug-likeness (QED) is 0.0611. The first kappa shape index (κ1) is 57.9. The molecular weight excluding hydrogens is 1030 g/mol. The summed E-state index contributed by atoms with van der Waals surface area (Å²) in [5.41, 5.74) is 9.77. The number of aryl methyl sites for hydroxylation is 2. The van der Waals surface area contributed by atoms with E-state index < -0.39 is 29.5 Å². The van der Waals surface area contributed by atoms with Gasteiger partial charge in [0.2, 0.25) is 0 Å². The summed E-state index contributed by atoms with van der Waals surface area (Å²) >= 11 is 0. The molecule has 0 radical (unpaired) electrons. The van der Waals surface area contributed by atoms with Gasteiger partial charge in [-0.1, -0.05) is 142 Å². The van der Waals surface area contributed by atoms with Gasteiger partial charge in [0.05, 0.1) is 31.7 Å². The number of carbonyl (C=O) groups is 2. The summed E-state index contributed by atoms with van der Waals surface area (Å²) in [7, 11) is 1.57. The van der Waals surface area contributed by atoms with Crippen molar-refractivity contribution in [2.75, 3.05) is 32.1 Å². The summed E-state index contributed by atoms with van der Waals surface area (Å²) in [5, 5.41) is 50.3. The van der Waals surface area contributed by atoms with E-state index in [0.717, 1.165) is 119 Å². The highest BCUT2D eigenvalue weighted by molar-refractivity contribution is 6.00. The number of phenolic OH excluding ortho intramolecular Hbond substituents is 1. The van der Waals surface area contributed by atoms with Crippen LogP contribution in [0.5, 0.6) is 11.5 Å². The molecule has 5 aliphatic rings. The van der Waals surface area contributed by atoms with Gasteiger partial charge in [-0.3, -0.25) is 9.59 Å². The van der Waals surface area contributed by atoms with Gasteiger partial charge in [0.1, 0.15) is 17.4 Å². The van der Waals surface area contributed by atoms with Crippen LogP contribution in [-0.2, 0) is 40.7 Å². The molecule has 3 aliphatic carbocycles. The number of benzene rings is 5. The molecule has 9 atom stereocenters. The van der Waals surface area contributed by atoms with Gasteiger partial charge < -0.3 is 41.0 Å². The molecule has 2 saturated carbocycles. The second-order valence-electron chi connectivity index (χ2n) is 25.1. The van der Waals surface area contributed by atoms with Crippen LogP contribution in [0.1, 0.15) is 154 Å². The van der Waals surface area contributed by atoms with E-state index in [2.05, 4.69) is 132 Å². The number of H-pyrrole nitrogens is 1. The van der Waals surface area contributed by atoms with Crippen LogP contribution < -0.4 is 20.7 Å². The Morgan fingerprint density at radius 1 is 0.795 bits per heavy atom. The first-order valence-electron chi connectivity index (χ1n) is 31.2. The van der Waals surface area contributed by atoms with E-state index in [9.17, 15) is 20.1 Å². The average Bonchev–Trinajstić information content (AvgIpc) is 4.15. The summed E-state index contributed by atoms with van der Waals surface area (Å²) in [6.45, 7) is 6.29. The molecule has 1 aromatic heterocycles. The number of carbonyl (C=O) groups excluding carboxylic acids is 2. The topological polar surface area (TPSA) is 156 Å². The predicted octanol–water partition coefficient (Wildman–Crippen LogP) is 13.1. The molecule has 10 heteroatoms. The van der Waals surface area contributed by atoms with Crippen molar-refractivity contribution in [3.8, 4) is 23.3 Å². The van der Waals surface area contributed by atoms with Gasteiger partial charge in [0.25, 0.3) is 0 Å². The fourth-order valence-electron chi connectivity index (χ4n) is 15.2. The van der Waals surface area contributed by atoms with Gasteiger partial charge in [0.15, 0.2) is 11.5 Å². The number of methoxy groups -OCH3 is 1. The number of aromatic amines is 1. The molecule has 434 valence electrons. The number of phenols is 1. The molecule has 3 heterocycles. The first-order valence-corrected chi connectivity index (χ1v) is 31.2. The van der Waals surface area contributed by atoms with Crippen molar-refractivity contribution in [2.24, 2.45) is 29.6 Å². The Kier molecular flexibility index (Phi) is 18.4. The molecule has 0 amide bonds. The van der Waals surface area contributed by atoms with Gasteiger partial charge in [-0.15, -0.1) is 0 Å². The fourth-order valence-corrected chi connectivity index (χ4v) is 15.2. The zero-order valence-electron chi connectivity index (χ0n) is 49.0. The number of β-amino-alcohol motifs (C(OH)–C–C–N with tert-alkyl or cyclic N) is 1. The molecule has 9 bridgehead atoms. The van der Waals surface area contributed by atoms with Crippen molar-refractivity contribution in [1.82, 2.24) is 15.6 Å². The third kappa shape index (κ3) is 13.2. The molecule has 2 fully saturated rings. The number of ketones is 2. The minimum Gasteiger partial charge on any atom is -0.504 e. The molecule has 0 saturated heterocycles. The minimum absolute atomic E-state index is 0.0259. The lowest BCUT2D eigenvalue weighted by Gasteiger charge is -2.46. The van der Waals surface area contributed by atoms with Crippen LogP contribution in [0.3, 0.4) is 0 Å². The average molecular weight is 1120 g/mol. The van der Waals surface area contributed by atoms with E-state index in [1.165, 1.54) is 11.1 Å². The lowest BCUT2D eigenvalue weighted by molar-refractivity contribution is -0.130. The second kappa shape index (κ2) is 26.3. The van der Waals surface area contributed by atoms with Crippen LogP contribution in [0.2, 0.25) is 0 Å². The predicted molar refractivity (Wildman–Crippen MR) is 333 cm³/mol. The van der Waals surface area contributed by atoms with Crippen LogP contribution in [0.15, 0.2) is 139 Å². The van der Waals surface area contributed by atoms with Crippen LogP contribution in [0.4, 0.5) is 5.69 Å². The number of fused-ring (bicyclic) bond motifs is 10. The second-order valence-corrected chi connectivity index (χ2v) is 25.1. The van der Waals surface area contributed by atoms with Crippen molar-refractivity contribution >= 4 is 28.0 Å². The number of anilines is 1. The van der Waals surface area contributed by atoms with E-state index in [1.54, 1.807) is 7.11 Å². The maximum absolute atomic E-state index is 15.4. The van der Waals surface area contributed by atoms with Crippen LogP contribution in [0.25, 0.3) is 10.8 Å². The van der Waals surface area contributed by atoms with E-state index >= 15 is 4.79 Å². The Labute approximate surface area is 492 Å².